The van der Waals surface area contributed by atoms with Gasteiger partial charge in [0.15, 0.2) is 11.6 Å². The molecule has 1 aliphatic carbocycles. The summed E-state index contributed by atoms with van der Waals surface area (Å²) in [5.74, 6) is -1.62. The third kappa shape index (κ3) is 2.08. The smallest absolute Gasteiger partial charge is 0.159 e. The number of hydrogen-bond acceptors (Lipinski definition) is 2. The Morgan fingerprint density at radius 3 is 2.44 bits per heavy atom. The Morgan fingerprint density at radius 1 is 1.25 bits per heavy atom. The molecule has 1 aliphatic rings. The van der Waals surface area contributed by atoms with Crippen LogP contribution in [0.15, 0.2) is 18.2 Å². The van der Waals surface area contributed by atoms with Crippen LogP contribution in [0.1, 0.15) is 30.9 Å². The minimum Gasteiger partial charge on any atom is -0.391 e. The molecule has 2 nitrogen and oxygen atoms in total. The molecule has 2 rings (SSSR count). The Labute approximate surface area is 93.1 Å². The van der Waals surface area contributed by atoms with Crippen LogP contribution in [0.2, 0.25) is 0 Å². The number of hydrogen-bond donors (Lipinski definition) is 2. The van der Waals surface area contributed by atoms with E-state index in [1.165, 1.54) is 6.07 Å². The van der Waals surface area contributed by atoms with Gasteiger partial charge in [0.25, 0.3) is 0 Å². The molecule has 1 saturated carbocycles. The van der Waals surface area contributed by atoms with Crippen molar-refractivity contribution < 1.29 is 13.9 Å². The van der Waals surface area contributed by atoms with Gasteiger partial charge in [0, 0.05) is 0 Å². The van der Waals surface area contributed by atoms with Crippen molar-refractivity contribution in [3.05, 3.63) is 35.4 Å². The van der Waals surface area contributed by atoms with Gasteiger partial charge in [-0.05, 0) is 36.5 Å². The van der Waals surface area contributed by atoms with E-state index >= 15 is 0 Å². The molecular weight excluding hydrogens is 212 g/mol. The van der Waals surface area contributed by atoms with Crippen LogP contribution in [0, 0.1) is 17.6 Å². The van der Waals surface area contributed by atoms with E-state index in [4.69, 9.17) is 5.73 Å². The molecular formula is C12H15F2NO. The van der Waals surface area contributed by atoms with Crippen molar-refractivity contribution in [3.63, 3.8) is 0 Å². The lowest BCUT2D eigenvalue weighted by atomic mass is 9.77. The average Bonchev–Trinajstić information content (AvgIpc) is 2.18. The van der Waals surface area contributed by atoms with E-state index in [1.807, 2.05) is 0 Å². The molecule has 1 aromatic rings. The maximum atomic E-state index is 13.0. The molecule has 0 spiro atoms. The molecule has 3 N–H and O–H groups in total. The van der Waals surface area contributed by atoms with Crippen LogP contribution in [0.3, 0.4) is 0 Å². The van der Waals surface area contributed by atoms with E-state index in [9.17, 15) is 13.9 Å². The SMILES string of the molecule is N[C@H](c1ccc(F)c(F)c1)[C@@H](O)C1CCC1. The molecule has 1 fully saturated rings. The molecule has 0 aromatic heterocycles. The van der Waals surface area contributed by atoms with Gasteiger partial charge in [-0.15, -0.1) is 0 Å². The van der Waals surface area contributed by atoms with Crippen molar-refractivity contribution in [1.82, 2.24) is 0 Å². The van der Waals surface area contributed by atoms with Crippen LogP contribution in [0.25, 0.3) is 0 Å². The van der Waals surface area contributed by atoms with E-state index in [2.05, 4.69) is 0 Å². The highest BCUT2D eigenvalue weighted by Crippen LogP contribution is 2.34. The average molecular weight is 227 g/mol. The van der Waals surface area contributed by atoms with E-state index in [-0.39, 0.29) is 5.92 Å². The molecule has 0 saturated heterocycles. The molecule has 2 atom stereocenters. The quantitative estimate of drug-likeness (QED) is 0.830. The molecule has 0 radical (unpaired) electrons. The zero-order chi connectivity index (χ0) is 11.7. The fourth-order valence-electron chi connectivity index (χ4n) is 1.99. The zero-order valence-electron chi connectivity index (χ0n) is 8.87. The fourth-order valence-corrected chi connectivity index (χ4v) is 1.99. The first kappa shape index (κ1) is 11.5. The fraction of sp³-hybridized carbons (Fsp3) is 0.500. The second-order valence-corrected chi connectivity index (χ2v) is 4.38. The number of benzene rings is 1. The van der Waals surface area contributed by atoms with Crippen LogP contribution < -0.4 is 5.73 Å². The van der Waals surface area contributed by atoms with E-state index in [0.29, 0.717) is 5.56 Å². The van der Waals surface area contributed by atoms with Gasteiger partial charge in [-0.25, -0.2) is 8.78 Å². The summed E-state index contributed by atoms with van der Waals surface area (Å²) in [6, 6.07) is 2.88. The van der Waals surface area contributed by atoms with Crippen LogP contribution in [0.5, 0.6) is 0 Å². The number of aliphatic hydroxyl groups excluding tert-OH is 1. The van der Waals surface area contributed by atoms with E-state index in [0.717, 1.165) is 31.4 Å². The number of aliphatic hydroxyl groups is 1. The summed E-state index contributed by atoms with van der Waals surface area (Å²) in [5, 5.41) is 9.91. The van der Waals surface area contributed by atoms with Gasteiger partial charge in [-0.3, -0.25) is 0 Å². The summed E-state index contributed by atoms with van der Waals surface area (Å²) in [6.07, 6.45) is 2.35. The summed E-state index contributed by atoms with van der Waals surface area (Å²) in [6.45, 7) is 0. The van der Waals surface area contributed by atoms with Gasteiger partial charge >= 0.3 is 0 Å². The highest BCUT2D eigenvalue weighted by molar-refractivity contribution is 5.22. The minimum absolute atomic E-state index is 0.197. The lowest BCUT2D eigenvalue weighted by Gasteiger charge is -2.33. The van der Waals surface area contributed by atoms with Gasteiger partial charge in [0.2, 0.25) is 0 Å². The largest absolute Gasteiger partial charge is 0.391 e. The molecule has 0 amide bonds. The zero-order valence-corrected chi connectivity index (χ0v) is 8.87. The highest BCUT2D eigenvalue weighted by atomic mass is 19.2. The first-order chi connectivity index (χ1) is 7.59. The Balaban J connectivity index is 2.12. The molecule has 0 heterocycles. The number of nitrogens with two attached hydrogens (primary N) is 1. The normalized spacial score (nSPS) is 20.2. The molecule has 16 heavy (non-hydrogen) atoms. The Kier molecular flexibility index (Phi) is 3.21. The summed E-state index contributed by atoms with van der Waals surface area (Å²) in [4.78, 5) is 0. The number of halogens is 2. The van der Waals surface area contributed by atoms with Crippen LogP contribution >= 0.6 is 0 Å². The van der Waals surface area contributed by atoms with Crippen molar-refractivity contribution in [3.8, 4) is 0 Å². The van der Waals surface area contributed by atoms with Gasteiger partial charge in [-0.2, -0.15) is 0 Å². The van der Waals surface area contributed by atoms with Crippen molar-refractivity contribution in [2.75, 3.05) is 0 Å². The predicted molar refractivity (Wildman–Crippen MR) is 56.6 cm³/mol. The third-order valence-corrected chi connectivity index (χ3v) is 3.33. The maximum Gasteiger partial charge on any atom is 0.159 e. The Hall–Kier alpha value is -1.00. The summed E-state index contributed by atoms with van der Waals surface area (Å²) < 4.78 is 25.7. The van der Waals surface area contributed by atoms with Gasteiger partial charge in [0.05, 0.1) is 12.1 Å². The lowest BCUT2D eigenvalue weighted by Crippen LogP contribution is -2.36. The molecule has 88 valence electrons. The van der Waals surface area contributed by atoms with Crippen LogP contribution in [-0.2, 0) is 0 Å². The van der Waals surface area contributed by atoms with Crippen molar-refractivity contribution >= 4 is 0 Å². The summed E-state index contributed by atoms with van der Waals surface area (Å²) >= 11 is 0. The number of rotatable bonds is 3. The topological polar surface area (TPSA) is 46.2 Å². The standard InChI is InChI=1S/C12H15F2NO/c13-9-5-4-8(6-10(9)14)11(15)12(16)7-2-1-3-7/h4-7,11-12,16H,1-3,15H2/t11-,12+/m1/s1. The van der Waals surface area contributed by atoms with Crippen LogP contribution in [-0.4, -0.2) is 11.2 Å². The molecule has 4 heteroatoms. The Morgan fingerprint density at radius 2 is 1.94 bits per heavy atom. The van der Waals surface area contributed by atoms with Gasteiger partial charge in [-0.1, -0.05) is 12.5 Å². The van der Waals surface area contributed by atoms with E-state index in [1.54, 1.807) is 0 Å². The maximum absolute atomic E-state index is 13.0. The van der Waals surface area contributed by atoms with E-state index < -0.39 is 23.8 Å². The summed E-state index contributed by atoms with van der Waals surface area (Å²) in [7, 11) is 0. The second kappa shape index (κ2) is 4.47. The van der Waals surface area contributed by atoms with Crippen molar-refractivity contribution in [1.29, 1.82) is 0 Å². The van der Waals surface area contributed by atoms with Gasteiger partial charge in [0.1, 0.15) is 0 Å². The summed E-state index contributed by atoms with van der Waals surface area (Å²) in [5.41, 5.74) is 6.27. The molecule has 0 aliphatic heterocycles. The lowest BCUT2D eigenvalue weighted by molar-refractivity contribution is 0.0413. The molecule has 1 aromatic carbocycles. The van der Waals surface area contributed by atoms with Gasteiger partial charge < -0.3 is 10.8 Å². The molecule has 0 bridgehead atoms. The first-order valence-corrected chi connectivity index (χ1v) is 5.48. The minimum atomic E-state index is -0.922. The first-order valence-electron chi connectivity index (χ1n) is 5.48. The Bertz CT molecular complexity index is 379. The van der Waals surface area contributed by atoms with Crippen molar-refractivity contribution in [2.45, 2.75) is 31.4 Å². The highest BCUT2D eigenvalue weighted by Gasteiger charge is 2.30. The second-order valence-electron chi connectivity index (χ2n) is 4.38. The third-order valence-electron chi connectivity index (χ3n) is 3.33. The molecule has 0 unspecified atom stereocenters. The van der Waals surface area contributed by atoms with Crippen LogP contribution in [0.4, 0.5) is 8.78 Å². The monoisotopic (exact) mass is 227 g/mol. The van der Waals surface area contributed by atoms with Crippen molar-refractivity contribution in [2.24, 2.45) is 11.7 Å². The predicted octanol–water partition coefficient (Wildman–Crippen LogP) is 2.13.